The van der Waals surface area contributed by atoms with Gasteiger partial charge in [0.2, 0.25) is 0 Å². The topological polar surface area (TPSA) is 38.5 Å². The molecular formula is C15H30N2OS. The second-order valence-corrected chi connectivity index (χ2v) is 8.21. The second kappa shape index (κ2) is 6.33. The van der Waals surface area contributed by atoms with Crippen molar-refractivity contribution in [2.45, 2.75) is 38.6 Å². The lowest BCUT2D eigenvalue weighted by Crippen LogP contribution is -2.59. The fourth-order valence-electron chi connectivity index (χ4n) is 3.57. The molecule has 0 saturated carbocycles. The normalized spacial score (nSPS) is 35.5. The van der Waals surface area contributed by atoms with Gasteiger partial charge in [-0.2, -0.15) is 11.8 Å². The Morgan fingerprint density at radius 2 is 2.16 bits per heavy atom. The largest absolute Gasteiger partial charge is 0.381 e. The average Bonchev–Trinajstić information content (AvgIpc) is 2.38. The minimum absolute atomic E-state index is 0.184. The number of nitrogens with two attached hydrogens (primary N) is 1. The van der Waals surface area contributed by atoms with Crippen molar-refractivity contribution in [1.29, 1.82) is 0 Å². The van der Waals surface area contributed by atoms with Gasteiger partial charge in [-0.25, -0.2) is 0 Å². The molecule has 0 aromatic heterocycles. The maximum Gasteiger partial charge on any atom is 0.0506 e. The zero-order valence-corrected chi connectivity index (χ0v) is 13.6. The van der Waals surface area contributed by atoms with Gasteiger partial charge in [0.15, 0.2) is 0 Å². The molecule has 2 fully saturated rings. The van der Waals surface area contributed by atoms with Crippen LogP contribution in [0.15, 0.2) is 0 Å². The number of nitrogens with zero attached hydrogens (tertiary/aromatic N) is 1. The Bertz CT molecular complexity index is 292. The fourth-order valence-corrected chi connectivity index (χ4v) is 5.15. The van der Waals surface area contributed by atoms with Gasteiger partial charge in [0, 0.05) is 31.0 Å². The van der Waals surface area contributed by atoms with E-state index in [-0.39, 0.29) is 5.54 Å². The van der Waals surface area contributed by atoms with E-state index in [0.717, 1.165) is 26.3 Å². The first-order valence-corrected chi connectivity index (χ1v) is 8.70. The zero-order valence-electron chi connectivity index (χ0n) is 12.8. The molecule has 0 amide bonds. The molecule has 0 spiro atoms. The van der Waals surface area contributed by atoms with E-state index >= 15 is 0 Å². The zero-order chi connectivity index (χ0) is 13.9. The summed E-state index contributed by atoms with van der Waals surface area (Å²) >= 11 is 2.07. The lowest BCUT2D eigenvalue weighted by molar-refractivity contribution is 0.0151. The van der Waals surface area contributed by atoms with Crippen LogP contribution in [-0.2, 0) is 4.74 Å². The predicted octanol–water partition coefficient (Wildman–Crippen LogP) is 2.21. The van der Waals surface area contributed by atoms with E-state index in [4.69, 9.17) is 10.5 Å². The number of likely N-dealkylation sites (N-methyl/N-ethyl adjacent to an activating group) is 1. The van der Waals surface area contributed by atoms with Gasteiger partial charge in [0.25, 0.3) is 0 Å². The Balaban J connectivity index is 1.98. The maximum absolute atomic E-state index is 6.18. The van der Waals surface area contributed by atoms with Crippen LogP contribution in [0.1, 0.15) is 33.1 Å². The van der Waals surface area contributed by atoms with Gasteiger partial charge in [-0.3, -0.25) is 4.90 Å². The van der Waals surface area contributed by atoms with Gasteiger partial charge in [-0.05, 0) is 43.4 Å². The molecule has 0 aliphatic carbocycles. The first-order chi connectivity index (χ1) is 8.97. The van der Waals surface area contributed by atoms with E-state index in [1.54, 1.807) is 0 Å². The Morgan fingerprint density at radius 1 is 1.37 bits per heavy atom. The third kappa shape index (κ3) is 3.87. The highest BCUT2D eigenvalue weighted by molar-refractivity contribution is 7.99. The van der Waals surface area contributed by atoms with Crippen molar-refractivity contribution in [2.24, 2.45) is 17.1 Å². The van der Waals surface area contributed by atoms with Gasteiger partial charge < -0.3 is 10.5 Å². The Morgan fingerprint density at radius 3 is 2.74 bits per heavy atom. The van der Waals surface area contributed by atoms with Gasteiger partial charge >= 0.3 is 0 Å². The molecule has 0 aromatic carbocycles. The summed E-state index contributed by atoms with van der Waals surface area (Å²) in [6.07, 6.45) is 3.74. The Labute approximate surface area is 122 Å². The van der Waals surface area contributed by atoms with Gasteiger partial charge in [0.05, 0.1) is 6.61 Å². The van der Waals surface area contributed by atoms with Crippen molar-refractivity contribution in [3.05, 3.63) is 0 Å². The van der Waals surface area contributed by atoms with E-state index < -0.39 is 0 Å². The van der Waals surface area contributed by atoms with Crippen molar-refractivity contribution in [3.63, 3.8) is 0 Å². The highest BCUT2D eigenvalue weighted by Crippen LogP contribution is 2.41. The van der Waals surface area contributed by atoms with Crippen molar-refractivity contribution in [2.75, 3.05) is 44.9 Å². The third-order valence-electron chi connectivity index (χ3n) is 4.65. The minimum Gasteiger partial charge on any atom is -0.381 e. The Hall–Kier alpha value is 0.230. The van der Waals surface area contributed by atoms with Crippen molar-refractivity contribution in [1.82, 2.24) is 4.90 Å². The molecule has 4 heteroatoms. The predicted molar refractivity (Wildman–Crippen MR) is 83.7 cm³/mol. The number of hydrogen-bond acceptors (Lipinski definition) is 4. The number of rotatable bonds is 4. The molecule has 19 heavy (non-hydrogen) atoms. The average molecular weight is 286 g/mol. The lowest BCUT2D eigenvalue weighted by atomic mass is 9.78. The Kier molecular flexibility index (Phi) is 5.21. The van der Waals surface area contributed by atoms with E-state index in [2.05, 4.69) is 37.6 Å². The summed E-state index contributed by atoms with van der Waals surface area (Å²) in [5, 5.41) is 0. The fraction of sp³-hybridized carbons (Fsp3) is 1.00. The van der Waals surface area contributed by atoms with Gasteiger partial charge in [-0.1, -0.05) is 13.8 Å². The molecular weight excluding hydrogens is 256 g/mol. The number of thioether (sulfide) groups is 1. The molecule has 2 N–H and O–H groups in total. The van der Waals surface area contributed by atoms with E-state index in [1.165, 1.54) is 30.8 Å². The molecule has 0 aromatic rings. The van der Waals surface area contributed by atoms with Crippen LogP contribution in [-0.4, -0.2) is 55.3 Å². The molecule has 2 heterocycles. The van der Waals surface area contributed by atoms with Crippen LogP contribution in [0, 0.1) is 11.3 Å². The SMILES string of the molecule is CN(CC1CCCOC1)C1(CN)CSCC(C)(C)C1. The van der Waals surface area contributed by atoms with E-state index in [9.17, 15) is 0 Å². The quantitative estimate of drug-likeness (QED) is 0.860. The molecule has 2 aliphatic heterocycles. The molecule has 3 nitrogen and oxygen atoms in total. The molecule has 2 atom stereocenters. The first kappa shape index (κ1) is 15.6. The van der Waals surface area contributed by atoms with Crippen molar-refractivity contribution in [3.8, 4) is 0 Å². The van der Waals surface area contributed by atoms with Crippen molar-refractivity contribution < 1.29 is 4.74 Å². The highest BCUT2D eigenvalue weighted by Gasteiger charge is 2.42. The van der Waals surface area contributed by atoms with E-state index in [1.807, 2.05) is 0 Å². The molecule has 112 valence electrons. The summed E-state index contributed by atoms with van der Waals surface area (Å²) in [6, 6.07) is 0. The molecule has 0 bridgehead atoms. The summed E-state index contributed by atoms with van der Waals surface area (Å²) in [7, 11) is 2.27. The monoisotopic (exact) mass is 286 g/mol. The molecule has 2 rings (SSSR count). The summed E-state index contributed by atoms with van der Waals surface area (Å²) in [5.74, 6) is 3.13. The van der Waals surface area contributed by atoms with Crippen LogP contribution in [0.3, 0.4) is 0 Å². The number of hydrogen-bond donors (Lipinski definition) is 1. The smallest absolute Gasteiger partial charge is 0.0506 e. The molecule has 0 radical (unpaired) electrons. The summed E-state index contributed by atoms with van der Waals surface area (Å²) < 4.78 is 5.61. The third-order valence-corrected chi connectivity index (χ3v) is 6.37. The van der Waals surface area contributed by atoms with Crippen LogP contribution in [0.2, 0.25) is 0 Å². The van der Waals surface area contributed by atoms with Crippen LogP contribution in [0.5, 0.6) is 0 Å². The molecule has 2 unspecified atom stereocenters. The second-order valence-electron chi connectivity index (χ2n) is 7.23. The summed E-state index contributed by atoms with van der Waals surface area (Å²) in [4.78, 5) is 2.54. The lowest BCUT2D eigenvalue weighted by Gasteiger charge is -2.50. The standard InChI is InChI=1S/C15H30N2OS/c1-14(2)9-15(10-16,12-19-11-14)17(3)7-13-5-4-6-18-8-13/h13H,4-12,16H2,1-3H3. The number of ether oxygens (including phenoxy) is 1. The minimum atomic E-state index is 0.184. The van der Waals surface area contributed by atoms with Gasteiger partial charge in [-0.15, -0.1) is 0 Å². The molecule has 2 aliphatic rings. The summed E-state index contributed by atoms with van der Waals surface area (Å²) in [6.45, 7) is 8.54. The first-order valence-electron chi connectivity index (χ1n) is 7.54. The van der Waals surface area contributed by atoms with Crippen LogP contribution < -0.4 is 5.73 Å². The maximum atomic E-state index is 6.18. The van der Waals surface area contributed by atoms with Crippen LogP contribution >= 0.6 is 11.8 Å². The van der Waals surface area contributed by atoms with Crippen LogP contribution in [0.4, 0.5) is 0 Å². The van der Waals surface area contributed by atoms with E-state index in [0.29, 0.717) is 11.3 Å². The highest BCUT2D eigenvalue weighted by atomic mass is 32.2. The molecule has 2 saturated heterocycles. The van der Waals surface area contributed by atoms with Crippen molar-refractivity contribution >= 4 is 11.8 Å². The summed E-state index contributed by atoms with van der Waals surface area (Å²) in [5.41, 5.74) is 6.77. The van der Waals surface area contributed by atoms with Crippen LogP contribution in [0.25, 0.3) is 0 Å². The van der Waals surface area contributed by atoms with Gasteiger partial charge in [0.1, 0.15) is 0 Å².